The molecule has 1 unspecified atom stereocenters. The van der Waals surface area contributed by atoms with E-state index in [1.807, 2.05) is 51.2 Å². The zero-order valence-electron chi connectivity index (χ0n) is 24.3. The summed E-state index contributed by atoms with van der Waals surface area (Å²) in [5.74, 6) is -1.02. The summed E-state index contributed by atoms with van der Waals surface area (Å²) in [5.41, 5.74) is 2.47. The monoisotopic (exact) mass is 562 g/mol. The highest BCUT2D eigenvalue weighted by Gasteiger charge is 2.32. The standard InChI is InChI=1S/C31H42N6O4/c1-4-20(3)29-28-19-37(36-35-28)18-24(39)15-21(11-7-6-8-12-23(38)5-2)30(40)33-27(31(41)34-29)16-22-17-32-26-14-10-9-13-25(22)26/h9-10,13-14,17,19-21,27,29,32H,4-8,11-12,15-16,18H2,1-3H3,(H,33,40)(H,34,41)/t20?,21-,27+,29+/m1/s1. The molecular weight excluding hydrogens is 520 g/mol. The highest BCUT2D eigenvalue weighted by atomic mass is 16.2. The molecule has 4 rings (SSSR count). The van der Waals surface area contributed by atoms with Gasteiger partial charge in [-0.2, -0.15) is 0 Å². The number of rotatable bonds is 11. The van der Waals surface area contributed by atoms with Crippen molar-refractivity contribution in [3.8, 4) is 0 Å². The topological polar surface area (TPSA) is 139 Å². The molecule has 0 spiro atoms. The summed E-state index contributed by atoms with van der Waals surface area (Å²) in [4.78, 5) is 55.5. The van der Waals surface area contributed by atoms with Gasteiger partial charge in [0.15, 0.2) is 5.78 Å². The van der Waals surface area contributed by atoms with Crippen LogP contribution in [0.2, 0.25) is 0 Å². The number of carbonyl (C=O) groups is 4. The minimum absolute atomic E-state index is 0.0156. The Labute approximate surface area is 241 Å². The van der Waals surface area contributed by atoms with Crippen LogP contribution in [0.4, 0.5) is 0 Å². The summed E-state index contributed by atoms with van der Waals surface area (Å²) >= 11 is 0. The Bertz CT molecular complexity index is 1360. The first-order chi connectivity index (χ1) is 19.8. The number of unbranched alkanes of at least 4 members (excludes halogenated alkanes) is 2. The molecule has 3 aromatic rings. The normalized spacial score (nSPS) is 21.0. The predicted octanol–water partition coefficient (Wildman–Crippen LogP) is 4.21. The van der Waals surface area contributed by atoms with Crippen molar-refractivity contribution >= 4 is 34.3 Å². The van der Waals surface area contributed by atoms with Crippen molar-refractivity contribution in [3.63, 3.8) is 0 Å². The molecule has 41 heavy (non-hydrogen) atoms. The van der Waals surface area contributed by atoms with Gasteiger partial charge in [0.25, 0.3) is 0 Å². The highest BCUT2D eigenvalue weighted by molar-refractivity contribution is 5.92. The van der Waals surface area contributed by atoms with E-state index in [1.165, 1.54) is 4.68 Å². The van der Waals surface area contributed by atoms with Crippen LogP contribution in [0, 0.1) is 11.8 Å². The lowest BCUT2D eigenvalue weighted by Gasteiger charge is -2.27. The van der Waals surface area contributed by atoms with Gasteiger partial charge in [-0.3, -0.25) is 19.2 Å². The average Bonchev–Trinajstić information content (AvgIpc) is 3.60. The number of nitrogens with one attached hydrogen (secondary N) is 3. The maximum absolute atomic E-state index is 13.8. The zero-order chi connectivity index (χ0) is 29.4. The third-order valence-corrected chi connectivity index (χ3v) is 8.20. The SMILES string of the molecule is CCC(=O)CCCCC[C@@H]1CC(=O)Cn2cc(nn2)[C@H](C(C)CC)NC(=O)[C@H](Cc2c[nH]c3ccccc23)NC1=O. The lowest BCUT2D eigenvalue weighted by Crippen LogP contribution is -2.51. The van der Waals surface area contributed by atoms with Gasteiger partial charge in [0.1, 0.15) is 24.1 Å². The summed E-state index contributed by atoms with van der Waals surface area (Å²) < 4.78 is 1.49. The number of Topliss-reactive ketones (excluding diaryl/α,β-unsaturated/α-hetero) is 2. The first kappa shape index (κ1) is 30.1. The van der Waals surface area contributed by atoms with E-state index < -0.39 is 18.0 Å². The molecule has 3 heterocycles. The van der Waals surface area contributed by atoms with Crippen LogP contribution >= 0.6 is 0 Å². The molecule has 0 saturated carbocycles. The van der Waals surface area contributed by atoms with Crippen LogP contribution in [0.3, 0.4) is 0 Å². The van der Waals surface area contributed by atoms with Crippen molar-refractivity contribution in [1.29, 1.82) is 0 Å². The predicted molar refractivity (Wildman–Crippen MR) is 156 cm³/mol. The average molecular weight is 563 g/mol. The van der Waals surface area contributed by atoms with Crippen molar-refractivity contribution in [2.24, 2.45) is 11.8 Å². The van der Waals surface area contributed by atoms with Crippen LogP contribution in [-0.2, 0) is 32.1 Å². The van der Waals surface area contributed by atoms with Crippen LogP contribution in [0.1, 0.15) is 89.4 Å². The van der Waals surface area contributed by atoms with Crippen LogP contribution in [0.5, 0.6) is 0 Å². The number of amides is 2. The van der Waals surface area contributed by atoms with Crippen LogP contribution in [-0.4, -0.2) is 49.4 Å². The molecule has 2 amide bonds. The third-order valence-electron chi connectivity index (χ3n) is 8.20. The second-order valence-electron chi connectivity index (χ2n) is 11.3. The molecule has 0 saturated heterocycles. The first-order valence-corrected chi connectivity index (χ1v) is 14.9. The molecule has 1 aliphatic heterocycles. The summed E-state index contributed by atoms with van der Waals surface area (Å²) in [7, 11) is 0. The fourth-order valence-electron chi connectivity index (χ4n) is 5.46. The Morgan fingerprint density at radius 3 is 2.66 bits per heavy atom. The number of hydrogen-bond acceptors (Lipinski definition) is 6. The van der Waals surface area contributed by atoms with Gasteiger partial charge < -0.3 is 15.6 Å². The third kappa shape index (κ3) is 7.89. The van der Waals surface area contributed by atoms with Crippen molar-refractivity contribution in [2.75, 3.05) is 0 Å². The number of benzene rings is 1. The molecular formula is C31H42N6O4. The molecule has 2 aromatic heterocycles. The lowest BCUT2D eigenvalue weighted by atomic mass is 9.93. The van der Waals surface area contributed by atoms with Gasteiger partial charge in [-0.15, -0.1) is 5.10 Å². The van der Waals surface area contributed by atoms with Gasteiger partial charge in [0.2, 0.25) is 11.8 Å². The Hall–Kier alpha value is -3.82. The molecule has 1 aliphatic rings. The van der Waals surface area contributed by atoms with Crippen molar-refractivity contribution in [3.05, 3.63) is 47.9 Å². The first-order valence-electron chi connectivity index (χ1n) is 14.9. The number of carbonyl (C=O) groups excluding carboxylic acids is 4. The number of ketones is 2. The second-order valence-corrected chi connectivity index (χ2v) is 11.3. The smallest absolute Gasteiger partial charge is 0.243 e. The van der Waals surface area contributed by atoms with E-state index in [-0.39, 0.29) is 42.3 Å². The number of para-hydroxylation sites is 1. The maximum Gasteiger partial charge on any atom is 0.243 e. The Kier molecular flexibility index (Phi) is 10.4. The molecule has 0 fully saturated rings. The van der Waals surface area contributed by atoms with E-state index in [9.17, 15) is 19.2 Å². The maximum atomic E-state index is 13.8. The Balaban J connectivity index is 1.60. The summed E-state index contributed by atoms with van der Waals surface area (Å²) in [5, 5.41) is 15.6. The summed E-state index contributed by atoms with van der Waals surface area (Å²) in [6, 6.07) is 6.59. The number of H-pyrrole nitrogens is 1. The minimum Gasteiger partial charge on any atom is -0.361 e. The second kappa shape index (κ2) is 14.2. The van der Waals surface area contributed by atoms with Crippen molar-refractivity contribution < 1.29 is 19.2 Å². The molecule has 10 nitrogen and oxygen atoms in total. The molecule has 220 valence electrons. The van der Waals surface area contributed by atoms with E-state index >= 15 is 0 Å². The number of nitrogens with zero attached hydrogens (tertiary/aromatic N) is 3. The van der Waals surface area contributed by atoms with Gasteiger partial charge in [-0.05, 0) is 30.4 Å². The quantitative estimate of drug-likeness (QED) is 0.299. The largest absolute Gasteiger partial charge is 0.361 e. The number of aromatic nitrogens is 4. The Morgan fingerprint density at radius 1 is 1.07 bits per heavy atom. The van der Waals surface area contributed by atoms with E-state index in [0.29, 0.717) is 37.8 Å². The fourth-order valence-corrected chi connectivity index (χ4v) is 5.46. The lowest BCUT2D eigenvalue weighted by molar-refractivity contribution is -0.133. The van der Waals surface area contributed by atoms with E-state index in [1.54, 1.807) is 6.20 Å². The molecule has 1 aromatic carbocycles. The summed E-state index contributed by atoms with van der Waals surface area (Å²) in [6.45, 7) is 5.95. The number of hydrogen-bond donors (Lipinski definition) is 3. The van der Waals surface area contributed by atoms with Gasteiger partial charge in [0, 0.05) is 48.7 Å². The molecule has 0 radical (unpaired) electrons. The minimum atomic E-state index is -0.844. The van der Waals surface area contributed by atoms with Gasteiger partial charge in [-0.1, -0.05) is 63.4 Å². The fraction of sp³-hybridized carbons (Fsp3) is 0.548. The number of fused-ring (bicyclic) bond motifs is 3. The molecule has 10 heteroatoms. The van der Waals surface area contributed by atoms with Crippen molar-refractivity contribution in [1.82, 2.24) is 30.6 Å². The number of aromatic amines is 1. The van der Waals surface area contributed by atoms with E-state index in [2.05, 4.69) is 25.9 Å². The zero-order valence-corrected chi connectivity index (χ0v) is 24.3. The Morgan fingerprint density at radius 2 is 1.88 bits per heavy atom. The molecule has 2 bridgehead atoms. The molecule has 3 N–H and O–H groups in total. The van der Waals surface area contributed by atoms with Gasteiger partial charge in [0.05, 0.1) is 12.2 Å². The van der Waals surface area contributed by atoms with Gasteiger partial charge in [-0.25, -0.2) is 4.68 Å². The molecule has 4 atom stereocenters. The van der Waals surface area contributed by atoms with Crippen LogP contribution in [0.15, 0.2) is 36.7 Å². The van der Waals surface area contributed by atoms with E-state index in [4.69, 9.17) is 0 Å². The van der Waals surface area contributed by atoms with Crippen LogP contribution in [0.25, 0.3) is 10.9 Å². The van der Waals surface area contributed by atoms with Crippen LogP contribution < -0.4 is 10.6 Å². The highest BCUT2D eigenvalue weighted by Crippen LogP contribution is 2.25. The van der Waals surface area contributed by atoms with Crippen molar-refractivity contribution in [2.45, 2.75) is 97.2 Å². The summed E-state index contributed by atoms with van der Waals surface area (Å²) in [6.07, 6.45) is 8.56. The molecule has 0 aliphatic carbocycles. The van der Waals surface area contributed by atoms with E-state index in [0.717, 1.165) is 35.7 Å². The van der Waals surface area contributed by atoms with Gasteiger partial charge >= 0.3 is 0 Å².